The molecule has 1 spiro atoms. The summed E-state index contributed by atoms with van der Waals surface area (Å²) >= 11 is 1.52. The zero-order valence-corrected chi connectivity index (χ0v) is 18.3. The molecule has 5 rings (SSSR count). The van der Waals surface area contributed by atoms with Gasteiger partial charge in [0.15, 0.2) is 5.16 Å². The zero-order chi connectivity index (χ0) is 20.7. The molecule has 2 aliphatic carbocycles. The number of nitrogens with zero attached hydrogens (tertiary/aromatic N) is 2. The van der Waals surface area contributed by atoms with Crippen molar-refractivity contribution in [3.8, 4) is 22.7 Å². The van der Waals surface area contributed by atoms with Crippen LogP contribution in [0.5, 0.6) is 5.75 Å². The third kappa shape index (κ3) is 2.99. The number of hydrogen-bond donors (Lipinski definition) is 0. The molecule has 0 radical (unpaired) electrons. The van der Waals surface area contributed by atoms with Crippen LogP contribution in [0.3, 0.4) is 0 Å². The molecule has 0 bridgehead atoms. The normalized spacial score (nSPS) is 16.7. The van der Waals surface area contributed by atoms with Crippen LogP contribution in [0.25, 0.3) is 16.9 Å². The van der Waals surface area contributed by atoms with Crippen molar-refractivity contribution in [1.29, 1.82) is 0 Å². The summed E-state index contributed by atoms with van der Waals surface area (Å²) in [5.74, 6) is 0.779. The molecule has 2 aliphatic rings. The lowest BCUT2D eigenvalue weighted by molar-refractivity contribution is 0.283. The molecule has 1 aromatic heterocycles. The van der Waals surface area contributed by atoms with E-state index >= 15 is 0 Å². The van der Waals surface area contributed by atoms with Crippen LogP contribution in [-0.2, 0) is 11.8 Å². The Hall–Kier alpha value is -2.53. The van der Waals surface area contributed by atoms with Gasteiger partial charge in [-0.05, 0) is 55.3 Å². The molecule has 0 unspecified atom stereocenters. The van der Waals surface area contributed by atoms with E-state index in [0.717, 1.165) is 52.7 Å². The van der Waals surface area contributed by atoms with E-state index < -0.39 is 0 Å². The Bertz CT molecular complexity index is 1140. The van der Waals surface area contributed by atoms with Crippen LogP contribution in [0, 0.1) is 0 Å². The van der Waals surface area contributed by atoms with Gasteiger partial charge in [0, 0.05) is 11.0 Å². The van der Waals surface area contributed by atoms with E-state index in [2.05, 4.69) is 24.3 Å². The van der Waals surface area contributed by atoms with E-state index in [1.54, 1.807) is 11.7 Å². The minimum absolute atomic E-state index is 0.0888. The first-order chi connectivity index (χ1) is 14.7. The molecular formula is C25H26N2O2S. The number of ether oxygens (including phenoxy) is 1. The quantitative estimate of drug-likeness (QED) is 0.423. The van der Waals surface area contributed by atoms with Crippen molar-refractivity contribution in [3.63, 3.8) is 0 Å². The van der Waals surface area contributed by atoms with Crippen LogP contribution < -0.4 is 10.3 Å². The van der Waals surface area contributed by atoms with Crippen molar-refractivity contribution in [2.75, 3.05) is 13.4 Å². The summed E-state index contributed by atoms with van der Waals surface area (Å²) in [6.45, 7) is 0. The number of benzene rings is 2. The minimum atomic E-state index is -0.100. The van der Waals surface area contributed by atoms with Gasteiger partial charge in [0.25, 0.3) is 5.56 Å². The van der Waals surface area contributed by atoms with Gasteiger partial charge in [0.2, 0.25) is 0 Å². The highest BCUT2D eigenvalue weighted by Crippen LogP contribution is 2.48. The van der Waals surface area contributed by atoms with Gasteiger partial charge in [-0.1, -0.05) is 55.3 Å². The lowest BCUT2D eigenvalue weighted by Crippen LogP contribution is -2.42. The lowest BCUT2D eigenvalue weighted by Gasteiger charge is -2.42. The van der Waals surface area contributed by atoms with Gasteiger partial charge in [-0.2, -0.15) is 0 Å². The fourth-order valence-corrected chi connectivity index (χ4v) is 5.84. The number of hydrogen-bond acceptors (Lipinski definition) is 4. The van der Waals surface area contributed by atoms with Crippen LogP contribution in [0.2, 0.25) is 0 Å². The van der Waals surface area contributed by atoms with Crippen LogP contribution in [0.4, 0.5) is 0 Å². The number of thioether (sulfide) groups is 1. The molecule has 0 atom stereocenters. The standard InChI is InChI=1S/C25H26N2O2S/c1-29-19-12-10-18(11-13-19)27-23(28)21-22(26-24(27)30-2)20-9-5-4-8-17(20)16-25(21)14-6-3-7-15-25/h4-5,8-13H,3,6-7,14-16H2,1-2H3. The number of aromatic nitrogens is 2. The van der Waals surface area contributed by atoms with Crippen molar-refractivity contribution in [3.05, 3.63) is 70.0 Å². The molecule has 30 heavy (non-hydrogen) atoms. The SMILES string of the molecule is COc1ccc(-n2c(SC)nc3c(c2=O)C2(CCCCC2)Cc2ccccc2-3)cc1. The molecule has 1 saturated carbocycles. The summed E-state index contributed by atoms with van der Waals surface area (Å²) in [5, 5.41) is 0.728. The molecule has 4 nitrogen and oxygen atoms in total. The Labute approximate surface area is 181 Å². The Morgan fingerprint density at radius 2 is 1.77 bits per heavy atom. The predicted molar refractivity (Wildman–Crippen MR) is 122 cm³/mol. The molecule has 0 amide bonds. The molecule has 0 aliphatic heterocycles. The van der Waals surface area contributed by atoms with Crippen molar-refractivity contribution < 1.29 is 4.74 Å². The van der Waals surface area contributed by atoms with E-state index in [-0.39, 0.29) is 11.0 Å². The Morgan fingerprint density at radius 1 is 1.03 bits per heavy atom. The maximum absolute atomic E-state index is 14.1. The van der Waals surface area contributed by atoms with Gasteiger partial charge < -0.3 is 4.74 Å². The average Bonchev–Trinajstić information content (AvgIpc) is 2.79. The maximum atomic E-state index is 14.1. The van der Waals surface area contributed by atoms with Crippen LogP contribution >= 0.6 is 11.8 Å². The highest BCUT2D eigenvalue weighted by atomic mass is 32.2. The third-order valence-corrected chi connectivity index (χ3v) is 7.35. The minimum Gasteiger partial charge on any atom is -0.497 e. The van der Waals surface area contributed by atoms with Gasteiger partial charge in [0.05, 0.1) is 24.1 Å². The highest BCUT2D eigenvalue weighted by molar-refractivity contribution is 7.98. The van der Waals surface area contributed by atoms with E-state index in [0.29, 0.717) is 0 Å². The highest BCUT2D eigenvalue weighted by Gasteiger charge is 2.43. The number of rotatable bonds is 3. The fraction of sp³-hybridized carbons (Fsp3) is 0.360. The smallest absolute Gasteiger partial charge is 0.263 e. The van der Waals surface area contributed by atoms with E-state index in [9.17, 15) is 4.79 Å². The monoisotopic (exact) mass is 418 g/mol. The van der Waals surface area contributed by atoms with E-state index in [1.165, 1.54) is 36.6 Å². The first-order valence-electron chi connectivity index (χ1n) is 10.6. The largest absolute Gasteiger partial charge is 0.497 e. The molecular weight excluding hydrogens is 392 g/mol. The predicted octanol–water partition coefficient (Wildman–Crippen LogP) is 5.39. The molecule has 2 aromatic carbocycles. The van der Waals surface area contributed by atoms with Crippen molar-refractivity contribution in [1.82, 2.24) is 9.55 Å². The Balaban J connectivity index is 1.80. The van der Waals surface area contributed by atoms with Crippen molar-refractivity contribution in [2.45, 2.75) is 49.1 Å². The lowest BCUT2D eigenvalue weighted by atomic mass is 9.62. The second-order valence-corrected chi connectivity index (χ2v) is 9.11. The first-order valence-corrected chi connectivity index (χ1v) is 11.8. The van der Waals surface area contributed by atoms with Gasteiger partial charge >= 0.3 is 0 Å². The van der Waals surface area contributed by atoms with Gasteiger partial charge in [-0.25, -0.2) is 4.98 Å². The fourth-order valence-electron chi connectivity index (χ4n) is 5.28. The number of methoxy groups -OCH3 is 1. The summed E-state index contributed by atoms with van der Waals surface area (Å²) in [5.41, 5.74) is 5.10. The second kappa shape index (κ2) is 7.62. The van der Waals surface area contributed by atoms with Crippen LogP contribution in [-0.4, -0.2) is 22.9 Å². The Kier molecular flexibility index (Phi) is 4.94. The maximum Gasteiger partial charge on any atom is 0.263 e. The van der Waals surface area contributed by atoms with Gasteiger partial charge in [0.1, 0.15) is 5.75 Å². The summed E-state index contributed by atoms with van der Waals surface area (Å²) in [7, 11) is 1.65. The van der Waals surface area contributed by atoms with E-state index in [4.69, 9.17) is 9.72 Å². The molecule has 5 heteroatoms. The summed E-state index contributed by atoms with van der Waals surface area (Å²) in [6, 6.07) is 16.2. The van der Waals surface area contributed by atoms with Crippen LogP contribution in [0.1, 0.15) is 43.2 Å². The third-order valence-electron chi connectivity index (χ3n) is 6.71. The first kappa shape index (κ1) is 19.4. The summed E-state index contributed by atoms with van der Waals surface area (Å²) in [6.07, 6.45) is 8.65. The molecule has 1 fully saturated rings. The second-order valence-electron chi connectivity index (χ2n) is 8.34. The summed E-state index contributed by atoms with van der Waals surface area (Å²) < 4.78 is 7.10. The molecule has 1 heterocycles. The van der Waals surface area contributed by atoms with Crippen LogP contribution in [0.15, 0.2) is 58.5 Å². The molecule has 0 saturated heterocycles. The Morgan fingerprint density at radius 3 is 2.47 bits per heavy atom. The zero-order valence-electron chi connectivity index (χ0n) is 17.5. The van der Waals surface area contributed by atoms with Gasteiger partial charge in [-0.3, -0.25) is 9.36 Å². The molecule has 3 aromatic rings. The molecule has 154 valence electrons. The average molecular weight is 419 g/mol. The molecule has 0 N–H and O–H groups in total. The van der Waals surface area contributed by atoms with Crippen molar-refractivity contribution in [2.24, 2.45) is 0 Å². The van der Waals surface area contributed by atoms with Gasteiger partial charge in [-0.15, -0.1) is 0 Å². The number of fused-ring (bicyclic) bond motifs is 4. The van der Waals surface area contributed by atoms with E-state index in [1.807, 2.05) is 30.5 Å². The van der Waals surface area contributed by atoms with Crippen molar-refractivity contribution >= 4 is 11.8 Å². The summed E-state index contributed by atoms with van der Waals surface area (Å²) in [4.78, 5) is 19.2. The topological polar surface area (TPSA) is 44.1 Å².